The van der Waals surface area contributed by atoms with Gasteiger partial charge in [-0.15, -0.1) is 10.2 Å². The summed E-state index contributed by atoms with van der Waals surface area (Å²) in [5, 5.41) is 14.4. The van der Waals surface area contributed by atoms with E-state index in [2.05, 4.69) is 65.8 Å². The number of hydrogen-bond donors (Lipinski definition) is 1. The van der Waals surface area contributed by atoms with E-state index in [0.717, 1.165) is 16.8 Å². The Hall–Kier alpha value is -3.13. The first-order valence-corrected chi connectivity index (χ1v) is 13.4. The number of thioether (sulfide) groups is 1. The topological polar surface area (TPSA) is 72.2 Å². The van der Waals surface area contributed by atoms with Gasteiger partial charge in [0, 0.05) is 16.8 Å². The second kappa shape index (κ2) is 11.5. The predicted molar refractivity (Wildman–Crippen MR) is 153 cm³/mol. The summed E-state index contributed by atoms with van der Waals surface area (Å²) in [4.78, 5) is 12.5. The maximum absolute atomic E-state index is 12.5. The summed E-state index contributed by atoms with van der Waals surface area (Å²) < 4.78 is 1.97. The molecule has 3 aromatic carbocycles. The maximum atomic E-state index is 12.5. The third kappa shape index (κ3) is 6.60. The van der Waals surface area contributed by atoms with Crippen LogP contribution < -0.4 is 5.43 Å². The van der Waals surface area contributed by atoms with E-state index in [4.69, 9.17) is 23.2 Å². The second-order valence-corrected chi connectivity index (χ2v) is 11.3. The fourth-order valence-corrected chi connectivity index (χ4v) is 4.80. The molecule has 1 heterocycles. The molecule has 4 aromatic rings. The predicted octanol–water partition coefficient (Wildman–Crippen LogP) is 7.09. The van der Waals surface area contributed by atoms with Crippen molar-refractivity contribution >= 4 is 47.1 Å². The van der Waals surface area contributed by atoms with Crippen LogP contribution in [-0.4, -0.2) is 32.6 Å². The quantitative estimate of drug-likeness (QED) is 0.151. The molecule has 0 aliphatic heterocycles. The number of aromatic nitrogens is 3. The van der Waals surface area contributed by atoms with E-state index < -0.39 is 0 Å². The molecule has 1 aromatic heterocycles. The summed E-state index contributed by atoms with van der Waals surface area (Å²) >= 11 is 13.6. The average Bonchev–Trinajstić information content (AvgIpc) is 3.28. The monoisotopic (exact) mass is 551 g/mol. The highest BCUT2D eigenvalue weighted by molar-refractivity contribution is 7.99. The average molecular weight is 553 g/mol. The Morgan fingerprint density at radius 2 is 1.65 bits per heavy atom. The van der Waals surface area contributed by atoms with Crippen LogP contribution in [0.5, 0.6) is 0 Å². The van der Waals surface area contributed by atoms with Crippen LogP contribution in [0.4, 0.5) is 0 Å². The standard InChI is InChI=1S/C28H27Cl2N5OS/c1-18-8-14-21(15-9-18)35-26(19-10-12-20(13-11-19)28(2,3)4)33-34-27(35)37-17-25(36)32-31-16-22-23(29)6-5-7-24(22)30/h5-16H,17H2,1-4H3,(H,32,36)/b31-16+. The first-order valence-electron chi connectivity index (χ1n) is 11.7. The van der Waals surface area contributed by atoms with Gasteiger partial charge in [0.2, 0.25) is 0 Å². The van der Waals surface area contributed by atoms with Crippen molar-refractivity contribution in [2.45, 2.75) is 38.3 Å². The Morgan fingerprint density at radius 3 is 2.27 bits per heavy atom. The number of aryl methyl sites for hydroxylation is 1. The normalized spacial score (nSPS) is 11.7. The van der Waals surface area contributed by atoms with Gasteiger partial charge in [-0.3, -0.25) is 9.36 Å². The van der Waals surface area contributed by atoms with Crippen molar-refractivity contribution in [3.63, 3.8) is 0 Å². The van der Waals surface area contributed by atoms with Gasteiger partial charge in [0.1, 0.15) is 0 Å². The number of carbonyl (C=O) groups is 1. The number of rotatable bonds is 7. The largest absolute Gasteiger partial charge is 0.272 e. The van der Waals surface area contributed by atoms with Gasteiger partial charge in [0.05, 0.1) is 22.0 Å². The van der Waals surface area contributed by atoms with E-state index in [1.165, 1.54) is 23.5 Å². The van der Waals surface area contributed by atoms with Gasteiger partial charge < -0.3 is 0 Å². The van der Waals surface area contributed by atoms with Gasteiger partial charge in [0.25, 0.3) is 5.91 Å². The molecule has 1 amide bonds. The van der Waals surface area contributed by atoms with Gasteiger partial charge in [-0.25, -0.2) is 5.43 Å². The number of halogens is 2. The minimum Gasteiger partial charge on any atom is -0.272 e. The second-order valence-electron chi connectivity index (χ2n) is 9.52. The summed E-state index contributed by atoms with van der Waals surface area (Å²) in [6, 6.07) is 21.6. The molecule has 0 radical (unpaired) electrons. The van der Waals surface area contributed by atoms with E-state index in [1.807, 2.05) is 35.8 Å². The third-order valence-corrected chi connectivity index (χ3v) is 7.24. The fraction of sp³-hybridized carbons (Fsp3) is 0.214. The van der Waals surface area contributed by atoms with Crippen molar-refractivity contribution in [2.24, 2.45) is 5.10 Å². The zero-order valence-corrected chi connectivity index (χ0v) is 23.3. The molecule has 9 heteroatoms. The highest BCUT2D eigenvalue weighted by Gasteiger charge is 2.19. The third-order valence-electron chi connectivity index (χ3n) is 5.65. The van der Waals surface area contributed by atoms with Gasteiger partial charge in [-0.1, -0.05) is 104 Å². The zero-order valence-electron chi connectivity index (χ0n) is 21.0. The minimum atomic E-state index is -0.293. The molecule has 0 bridgehead atoms. The lowest BCUT2D eigenvalue weighted by Gasteiger charge is -2.19. The molecule has 0 atom stereocenters. The molecule has 0 spiro atoms. The molecular formula is C28H27Cl2N5OS. The number of hydrazone groups is 1. The molecule has 0 aliphatic rings. The molecule has 37 heavy (non-hydrogen) atoms. The first kappa shape index (κ1) is 26.9. The Balaban J connectivity index is 1.55. The van der Waals surface area contributed by atoms with Gasteiger partial charge >= 0.3 is 0 Å². The molecule has 0 saturated heterocycles. The molecular weight excluding hydrogens is 525 g/mol. The number of nitrogens with one attached hydrogen (secondary N) is 1. The molecule has 0 saturated carbocycles. The van der Waals surface area contributed by atoms with Crippen LogP contribution in [0.2, 0.25) is 10.0 Å². The number of benzene rings is 3. The summed E-state index contributed by atoms with van der Waals surface area (Å²) in [6.07, 6.45) is 1.43. The molecule has 190 valence electrons. The highest BCUT2D eigenvalue weighted by Crippen LogP contribution is 2.30. The van der Waals surface area contributed by atoms with Crippen LogP contribution in [0.15, 0.2) is 77.0 Å². The lowest BCUT2D eigenvalue weighted by Crippen LogP contribution is -2.20. The van der Waals surface area contributed by atoms with Crippen LogP contribution in [-0.2, 0) is 10.2 Å². The highest BCUT2D eigenvalue weighted by atomic mass is 35.5. The van der Waals surface area contributed by atoms with E-state index in [0.29, 0.717) is 26.6 Å². The Kier molecular flexibility index (Phi) is 8.37. The smallest absolute Gasteiger partial charge is 0.250 e. The SMILES string of the molecule is Cc1ccc(-n2c(SCC(=O)N/N=C/c3c(Cl)cccc3Cl)nnc2-c2ccc(C(C)(C)C)cc2)cc1. The van der Waals surface area contributed by atoms with Gasteiger partial charge in [-0.05, 0) is 42.2 Å². The van der Waals surface area contributed by atoms with E-state index in [-0.39, 0.29) is 17.1 Å². The van der Waals surface area contributed by atoms with Crippen molar-refractivity contribution in [3.8, 4) is 17.1 Å². The minimum absolute atomic E-state index is 0.0528. The Labute approximate surface area is 231 Å². The van der Waals surface area contributed by atoms with Gasteiger partial charge in [-0.2, -0.15) is 5.10 Å². The summed E-state index contributed by atoms with van der Waals surface area (Å²) in [6.45, 7) is 8.59. The van der Waals surface area contributed by atoms with Crippen LogP contribution in [0.25, 0.3) is 17.1 Å². The molecule has 6 nitrogen and oxygen atoms in total. The number of carbonyl (C=O) groups excluding carboxylic acids is 1. The van der Waals surface area contributed by atoms with Crippen molar-refractivity contribution in [2.75, 3.05) is 5.75 Å². The first-order chi connectivity index (χ1) is 17.6. The van der Waals surface area contributed by atoms with Crippen molar-refractivity contribution < 1.29 is 4.79 Å². The summed E-state index contributed by atoms with van der Waals surface area (Å²) in [5.74, 6) is 0.512. The van der Waals surface area contributed by atoms with E-state index in [9.17, 15) is 4.79 Å². The lowest BCUT2D eigenvalue weighted by molar-refractivity contribution is -0.118. The number of nitrogens with zero attached hydrogens (tertiary/aromatic N) is 4. The Morgan fingerprint density at radius 1 is 1.00 bits per heavy atom. The summed E-state index contributed by atoms with van der Waals surface area (Å²) in [5.41, 5.74) is 7.36. The van der Waals surface area contributed by atoms with Crippen LogP contribution in [0, 0.1) is 6.92 Å². The van der Waals surface area contributed by atoms with Crippen LogP contribution >= 0.6 is 35.0 Å². The van der Waals surface area contributed by atoms with Crippen LogP contribution in [0.1, 0.15) is 37.5 Å². The molecule has 4 rings (SSSR count). The van der Waals surface area contributed by atoms with E-state index in [1.54, 1.807) is 18.2 Å². The maximum Gasteiger partial charge on any atom is 0.250 e. The number of hydrogen-bond acceptors (Lipinski definition) is 5. The van der Waals surface area contributed by atoms with Crippen molar-refractivity contribution in [3.05, 3.63) is 93.5 Å². The van der Waals surface area contributed by atoms with E-state index >= 15 is 0 Å². The summed E-state index contributed by atoms with van der Waals surface area (Å²) in [7, 11) is 0. The lowest BCUT2D eigenvalue weighted by atomic mass is 9.87. The van der Waals surface area contributed by atoms with Crippen LogP contribution in [0.3, 0.4) is 0 Å². The fourth-order valence-electron chi connectivity index (χ4n) is 3.56. The molecule has 0 unspecified atom stereocenters. The number of amides is 1. The van der Waals surface area contributed by atoms with Gasteiger partial charge in [0.15, 0.2) is 11.0 Å². The molecule has 1 N–H and O–H groups in total. The Bertz CT molecular complexity index is 1400. The zero-order chi connectivity index (χ0) is 26.6. The van der Waals surface area contributed by atoms with Crippen molar-refractivity contribution in [1.82, 2.24) is 20.2 Å². The molecule has 0 aliphatic carbocycles. The van der Waals surface area contributed by atoms with Crippen molar-refractivity contribution in [1.29, 1.82) is 0 Å². The molecule has 0 fully saturated rings.